The quantitative estimate of drug-likeness (QED) is 0.897. The molecular formula is C16H24N2O2. The van der Waals surface area contributed by atoms with Crippen molar-refractivity contribution in [2.45, 2.75) is 32.3 Å². The van der Waals surface area contributed by atoms with E-state index in [1.165, 1.54) is 5.56 Å². The number of carbonyl (C=O) groups excluding carboxylic acids is 1. The molecule has 4 heteroatoms. The fourth-order valence-electron chi connectivity index (χ4n) is 2.25. The van der Waals surface area contributed by atoms with Crippen molar-refractivity contribution in [2.75, 3.05) is 31.6 Å². The van der Waals surface area contributed by atoms with Gasteiger partial charge in [-0.05, 0) is 23.1 Å². The van der Waals surface area contributed by atoms with Crippen LogP contribution in [0.4, 0.5) is 5.69 Å². The van der Waals surface area contributed by atoms with Crippen molar-refractivity contribution in [3.63, 3.8) is 0 Å². The van der Waals surface area contributed by atoms with Gasteiger partial charge in [0.2, 0.25) is 0 Å². The Morgan fingerprint density at radius 3 is 2.45 bits per heavy atom. The van der Waals surface area contributed by atoms with Crippen LogP contribution in [-0.2, 0) is 14.9 Å². The molecule has 4 nitrogen and oxygen atoms in total. The van der Waals surface area contributed by atoms with Gasteiger partial charge in [-0.3, -0.25) is 4.79 Å². The molecule has 1 amide bonds. The van der Waals surface area contributed by atoms with Crippen LogP contribution in [0.5, 0.6) is 0 Å². The summed E-state index contributed by atoms with van der Waals surface area (Å²) in [7, 11) is 1.80. The zero-order valence-electron chi connectivity index (χ0n) is 12.8. The number of rotatable bonds is 2. The highest BCUT2D eigenvalue weighted by atomic mass is 16.5. The molecular weight excluding hydrogens is 252 g/mol. The predicted octanol–water partition coefficient (Wildman–Crippen LogP) is 1.94. The molecule has 0 aliphatic carbocycles. The Morgan fingerprint density at radius 2 is 1.95 bits per heavy atom. The molecule has 1 aliphatic heterocycles. The number of ether oxygens (including phenoxy) is 1. The van der Waals surface area contributed by atoms with Crippen LogP contribution >= 0.6 is 0 Å². The predicted molar refractivity (Wildman–Crippen MR) is 81.2 cm³/mol. The standard InChI is InChI=1S/C16H24N2O2/c1-16(2,3)12-5-7-13(8-6-12)18(4)15(19)14-11-17-9-10-20-14/h5-8,14,17H,9-11H2,1-4H3. The summed E-state index contributed by atoms with van der Waals surface area (Å²) in [6.45, 7) is 8.53. The van der Waals surface area contributed by atoms with Crippen LogP contribution in [-0.4, -0.2) is 38.8 Å². The van der Waals surface area contributed by atoms with Crippen LogP contribution in [0.2, 0.25) is 0 Å². The molecule has 0 saturated carbocycles. The van der Waals surface area contributed by atoms with Crippen LogP contribution in [0.3, 0.4) is 0 Å². The minimum absolute atomic E-state index is 0.000656. The molecule has 1 saturated heterocycles. The zero-order chi connectivity index (χ0) is 14.8. The maximum absolute atomic E-state index is 12.3. The molecule has 1 aliphatic rings. The third-order valence-electron chi connectivity index (χ3n) is 3.65. The van der Waals surface area contributed by atoms with Gasteiger partial charge in [-0.1, -0.05) is 32.9 Å². The van der Waals surface area contributed by atoms with E-state index in [1.54, 1.807) is 11.9 Å². The lowest BCUT2D eigenvalue weighted by Crippen LogP contribution is -2.48. The van der Waals surface area contributed by atoms with Crippen LogP contribution < -0.4 is 10.2 Å². The second kappa shape index (κ2) is 5.94. The number of nitrogens with one attached hydrogen (secondary N) is 1. The molecule has 110 valence electrons. The van der Waals surface area contributed by atoms with Gasteiger partial charge in [0, 0.05) is 25.8 Å². The van der Waals surface area contributed by atoms with Crippen molar-refractivity contribution in [1.29, 1.82) is 0 Å². The maximum Gasteiger partial charge on any atom is 0.257 e. The Kier molecular flexibility index (Phi) is 4.45. The van der Waals surface area contributed by atoms with Gasteiger partial charge in [-0.2, -0.15) is 0 Å². The van der Waals surface area contributed by atoms with E-state index < -0.39 is 0 Å². The number of amides is 1. The van der Waals surface area contributed by atoms with Crippen molar-refractivity contribution in [2.24, 2.45) is 0 Å². The minimum atomic E-state index is -0.379. The van der Waals surface area contributed by atoms with Gasteiger partial charge in [-0.25, -0.2) is 0 Å². The third kappa shape index (κ3) is 3.38. The van der Waals surface area contributed by atoms with Gasteiger partial charge in [0.1, 0.15) is 6.10 Å². The molecule has 1 fully saturated rings. The summed E-state index contributed by atoms with van der Waals surface area (Å²) in [5.41, 5.74) is 2.28. The molecule has 20 heavy (non-hydrogen) atoms. The fraction of sp³-hybridized carbons (Fsp3) is 0.562. The number of anilines is 1. The zero-order valence-corrected chi connectivity index (χ0v) is 12.8. The summed E-state index contributed by atoms with van der Waals surface area (Å²) in [6.07, 6.45) is -0.379. The molecule has 1 heterocycles. The lowest BCUT2D eigenvalue weighted by Gasteiger charge is -2.28. The van der Waals surface area contributed by atoms with E-state index >= 15 is 0 Å². The van der Waals surface area contributed by atoms with Crippen molar-refractivity contribution < 1.29 is 9.53 Å². The second-order valence-corrected chi connectivity index (χ2v) is 6.26. The molecule has 1 atom stereocenters. The average Bonchev–Trinajstić information content (AvgIpc) is 2.46. The minimum Gasteiger partial charge on any atom is -0.366 e. The van der Waals surface area contributed by atoms with E-state index in [4.69, 9.17) is 4.74 Å². The van der Waals surface area contributed by atoms with E-state index in [-0.39, 0.29) is 17.4 Å². The molecule has 1 aromatic rings. The Bertz CT molecular complexity index is 456. The first-order valence-corrected chi connectivity index (χ1v) is 7.10. The van der Waals surface area contributed by atoms with Gasteiger partial charge in [0.25, 0.3) is 5.91 Å². The van der Waals surface area contributed by atoms with Crippen molar-refractivity contribution in [1.82, 2.24) is 5.32 Å². The number of carbonyl (C=O) groups is 1. The van der Waals surface area contributed by atoms with Crippen molar-refractivity contribution in [3.05, 3.63) is 29.8 Å². The number of hydrogen-bond acceptors (Lipinski definition) is 3. The lowest BCUT2D eigenvalue weighted by molar-refractivity contribution is -0.131. The smallest absolute Gasteiger partial charge is 0.257 e. The molecule has 1 N–H and O–H groups in total. The van der Waals surface area contributed by atoms with Crippen molar-refractivity contribution in [3.8, 4) is 0 Å². The molecule has 1 aromatic carbocycles. The molecule has 0 bridgehead atoms. The van der Waals surface area contributed by atoms with Gasteiger partial charge >= 0.3 is 0 Å². The SMILES string of the molecule is CN(C(=O)C1CNCCO1)c1ccc(C(C)(C)C)cc1. The lowest BCUT2D eigenvalue weighted by atomic mass is 9.87. The highest BCUT2D eigenvalue weighted by molar-refractivity contribution is 5.96. The van der Waals surface area contributed by atoms with Crippen LogP contribution in [0.1, 0.15) is 26.3 Å². The summed E-state index contributed by atoms with van der Waals surface area (Å²) in [5, 5.41) is 3.18. The number of nitrogens with zero attached hydrogens (tertiary/aromatic N) is 1. The summed E-state index contributed by atoms with van der Waals surface area (Å²) in [6, 6.07) is 8.15. The number of likely N-dealkylation sites (N-methyl/N-ethyl adjacent to an activating group) is 1. The Balaban J connectivity index is 2.08. The highest BCUT2D eigenvalue weighted by Crippen LogP contribution is 2.24. The fourth-order valence-corrected chi connectivity index (χ4v) is 2.25. The summed E-state index contributed by atoms with van der Waals surface area (Å²) >= 11 is 0. The van der Waals surface area contributed by atoms with Crippen LogP contribution in [0.15, 0.2) is 24.3 Å². The second-order valence-electron chi connectivity index (χ2n) is 6.26. The van der Waals surface area contributed by atoms with E-state index in [1.807, 2.05) is 12.1 Å². The number of morpholine rings is 1. The summed E-state index contributed by atoms with van der Waals surface area (Å²) < 4.78 is 5.51. The first-order chi connectivity index (χ1) is 9.39. The van der Waals surface area contributed by atoms with Gasteiger partial charge in [0.15, 0.2) is 0 Å². The average molecular weight is 276 g/mol. The van der Waals surface area contributed by atoms with Crippen LogP contribution in [0.25, 0.3) is 0 Å². The summed E-state index contributed by atoms with van der Waals surface area (Å²) in [5.74, 6) is 0.000656. The molecule has 0 spiro atoms. The monoisotopic (exact) mass is 276 g/mol. The molecule has 0 aromatic heterocycles. The normalized spacial score (nSPS) is 19.7. The molecule has 0 radical (unpaired) electrons. The maximum atomic E-state index is 12.3. The van der Waals surface area contributed by atoms with E-state index in [9.17, 15) is 4.79 Å². The molecule has 1 unspecified atom stereocenters. The Hall–Kier alpha value is -1.39. The van der Waals surface area contributed by atoms with Crippen molar-refractivity contribution >= 4 is 11.6 Å². The van der Waals surface area contributed by atoms with Gasteiger partial charge in [-0.15, -0.1) is 0 Å². The van der Waals surface area contributed by atoms with E-state index in [2.05, 4.69) is 38.2 Å². The van der Waals surface area contributed by atoms with E-state index in [0.29, 0.717) is 13.2 Å². The number of hydrogen-bond donors (Lipinski definition) is 1. The topological polar surface area (TPSA) is 41.6 Å². The third-order valence-corrected chi connectivity index (χ3v) is 3.65. The van der Waals surface area contributed by atoms with Crippen LogP contribution in [0, 0.1) is 0 Å². The van der Waals surface area contributed by atoms with Gasteiger partial charge < -0.3 is 15.0 Å². The largest absolute Gasteiger partial charge is 0.366 e. The number of benzene rings is 1. The van der Waals surface area contributed by atoms with Gasteiger partial charge in [0.05, 0.1) is 6.61 Å². The van der Waals surface area contributed by atoms with E-state index in [0.717, 1.165) is 12.2 Å². The summed E-state index contributed by atoms with van der Waals surface area (Å²) in [4.78, 5) is 14.0. The first-order valence-electron chi connectivity index (χ1n) is 7.10. The highest BCUT2D eigenvalue weighted by Gasteiger charge is 2.25. The first kappa shape index (κ1) is 15.0. The Labute approximate surface area is 121 Å². The molecule has 2 rings (SSSR count). The Morgan fingerprint density at radius 1 is 1.30 bits per heavy atom.